The first-order valence-electron chi connectivity index (χ1n) is 8.79. The number of likely N-dealkylation sites (tertiary alicyclic amines) is 1. The lowest BCUT2D eigenvalue weighted by molar-refractivity contribution is -0.127. The van der Waals surface area contributed by atoms with Gasteiger partial charge in [-0.15, -0.1) is 11.8 Å². The molecule has 1 aliphatic heterocycles. The summed E-state index contributed by atoms with van der Waals surface area (Å²) in [6, 6.07) is 7.32. The van der Waals surface area contributed by atoms with E-state index in [-0.39, 0.29) is 30.0 Å². The van der Waals surface area contributed by atoms with Crippen molar-refractivity contribution in [3.8, 4) is 0 Å². The van der Waals surface area contributed by atoms with Gasteiger partial charge in [-0.3, -0.25) is 19.3 Å². The molecule has 1 fully saturated rings. The molecule has 1 aliphatic rings. The van der Waals surface area contributed by atoms with Crippen LogP contribution in [0.25, 0.3) is 0 Å². The Morgan fingerprint density at radius 2 is 2.08 bits per heavy atom. The molecule has 7 nitrogen and oxygen atoms in total. The largest absolute Gasteiger partial charge is 0.369 e. The van der Waals surface area contributed by atoms with Gasteiger partial charge in [0.05, 0.1) is 23.9 Å². The maximum absolute atomic E-state index is 12.4. The van der Waals surface area contributed by atoms with Crippen molar-refractivity contribution < 1.29 is 14.4 Å². The molecule has 1 unspecified atom stereocenters. The predicted octanol–water partition coefficient (Wildman–Crippen LogP) is 1.05. The number of carbonyl (C=O) groups excluding carboxylic acids is 3. The molecule has 0 saturated carbocycles. The number of primary amides is 1. The van der Waals surface area contributed by atoms with Crippen molar-refractivity contribution in [3.05, 3.63) is 24.3 Å². The first-order chi connectivity index (χ1) is 12.5. The van der Waals surface area contributed by atoms with Crippen LogP contribution >= 0.6 is 11.8 Å². The molecule has 0 spiro atoms. The summed E-state index contributed by atoms with van der Waals surface area (Å²) in [4.78, 5) is 38.2. The summed E-state index contributed by atoms with van der Waals surface area (Å²) in [6.07, 6.45) is 1.76. The maximum Gasteiger partial charge on any atom is 0.238 e. The Labute approximate surface area is 158 Å². The molecule has 1 aromatic rings. The van der Waals surface area contributed by atoms with Gasteiger partial charge in [0.25, 0.3) is 0 Å². The Kier molecular flexibility index (Phi) is 7.93. The van der Waals surface area contributed by atoms with Crippen LogP contribution in [0.15, 0.2) is 29.2 Å². The zero-order chi connectivity index (χ0) is 18.9. The lowest BCUT2D eigenvalue weighted by Crippen LogP contribution is -2.45. The highest BCUT2D eigenvalue weighted by Gasteiger charge is 2.26. The number of nitrogens with zero attached hydrogens (tertiary/aromatic N) is 1. The molecule has 0 aliphatic carbocycles. The van der Waals surface area contributed by atoms with Crippen molar-refractivity contribution in [1.82, 2.24) is 10.2 Å². The van der Waals surface area contributed by atoms with Gasteiger partial charge in [-0.25, -0.2) is 0 Å². The highest BCUT2D eigenvalue weighted by Crippen LogP contribution is 2.26. The molecular weight excluding hydrogens is 352 g/mol. The lowest BCUT2D eigenvalue weighted by Gasteiger charge is -2.31. The number of rotatable bonds is 8. The van der Waals surface area contributed by atoms with Gasteiger partial charge < -0.3 is 16.4 Å². The molecule has 0 bridgehead atoms. The number of para-hydroxylation sites is 1. The summed E-state index contributed by atoms with van der Waals surface area (Å²) in [6.45, 7) is 4.17. The number of thioether (sulfide) groups is 1. The van der Waals surface area contributed by atoms with Gasteiger partial charge in [0.1, 0.15) is 0 Å². The molecule has 4 N–H and O–H groups in total. The van der Waals surface area contributed by atoms with Crippen molar-refractivity contribution in [2.24, 2.45) is 11.7 Å². The van der Waals surface area contributed by atoms with Crippen molar-refractivity contribution in [2.45, 2.75) is 24.7 Å². The third-order valence-electron chi connectivity index (χ3n) is 4.13. The van der Waals surface area contributed by atoms with E-state index in [2.05, 4.69) is 10.6 Å². The van der Waals surface area contributed by atoms with E-state index >= 15 is 0 Å². The summed E-state index contributed by atoms with van der Waals surface area (Å²) in [5.74, 6) is -0.372. The van der Waals surface area contributed by atoms with Crippen molar-refractivity contribution in [3.63, 3.8) is 0 Å². The second-order valence-corrected chi connectivity index (χ2v) is 7.29. The van der Waals surface area contributed by atoms with Crippen LogP contribution in [0.3, 0.4) is 0 Å². The number of anilines is 1. The molecule has 2 rings (SSSR count). The number of benzene rings is 1. The quantitative estimate of drug-likeness (QED) is 0.587. The van der Waals surface area contributed by atoms with E-state index in [1.807, 2.05) is 30.0 Å². The monoisotopic (exact) mass is 378 g/mol. The van der Waals surface area contributed by atoms with Crippen molar-refractivity contribution in [2.75, 3.05) is 37.2 Å². The van der Waals surface area contributed by atoms with Gasteiger partial charge in [0.15, 0.2) is 0 Å². The topological polar surface area (TPSA) is 105 Å². The molecule has 142 valence electrons. The fraction of sp³-hybridized carbons (Fsp3) is 0.500. The average molecular weight is 378 g/mol. The predicted molar refractivity (Wildman–Crippen MR) is 103 cm³/mol. The van der Waals surface area contributed by atoms with Gasteiger partial charge in [-0.05, 0) is 38.4 Å². The molecule has 1 heterocycles. The smallest absolute Gasteiger partial charge is 0.238 e. The van der Waals surface area contributed by atoms with E-state index in [4.69, 9.17) is 5.73 Å². The van der Waals surface area contributed by atoms with Crippen LogP contribution in [0, 0.1) is 5.92 Å². The van der Waals surface area contributed by atoms with Crippen molar-refractivity contribution >= 4 is 35.2 Å². The number of carbonyl (C=O) groups is 3. The molecule has 1 aromatic carbocycles. The summed E-state index contributed by atoms with van der Waals surface area (Å²) < 4.78 is 0. The molecule has 0 radical (unpaired) electrons. The third kappa shape index (κ3) is 6.34. The van der Waals surface area contributed by atoms with E-state index in [1.165, 1.54) is 11.8 Å². The number of amides is 3. The zero-order valence-electron chi connectivity index (χ0n) is 15.0. The van der Waals surface area contributed by atoms with E-state index in [0.717, 1.165) is 24.3 Å². The van der Waals surface area contributed by atoms with E-state index in [9.17, 15) is 14.4 Å². The standard InChI is InChI=1S/C18H26N4O3S/c1-2-20-18(25)13-6-5-9-22(10-13)11-17(24)21-14-7-3-4-8-15(14)26-12-16(19)23/h3-4,7-8,13H,2,5-6,9-12H2,1H3,(H2,19,23)(H,20,25)(H,21,24). The summed E-state index contributed by atoms with van der Waals surface area (Å²) in [5.41, 5.74) is 5.86. The number of piperidine rings is 1. The molecule has 0 aromatic heterocycles. The van der Waals surface area contributed by atoms with Crippen LogP contribution in [-0.4, -0.2) is 54.6 Å². The van der Waals surface area contributed by atoms with Gasteiger partial charge in [0.2, 0.25) is 17.7 Å². The minimum atomic E-state index is -0.402. The van der Waals surface area contributed by atoms with Crippen LogP contribution < -0.4 is 16.4 Å². The highest BCUT2D eigenvalue weighted by atomic mass is 32.2. The lowest BCUT2D eigenvalue weighted by atomic mass is 9.97. The Hall–Kier alpha value is -2.06. The van der Waals surface area contributed by atoms with Gasteiger partial charge in [0, 0.05) is 18.0 Å². The fourth-order valence-corrected chi connectivity index (χ4v) is 3.72. The molecule has 1 atom stereocenters. The summed E-state index contributed by atoms with van der Waals surface area (Å²) in [5, 5.41) is 5.75. The van der Waals surface area contributed by atoms with Crippen LogP contribution in [0.4, 0.5) is 5.69 Å². The average Bonchev–Trinajstić information content (AvgIpc) is 2.61. The second-order valence-electron chi connectivity index (χ2n) is 6.27. The molecule has 8 heteroatoms. The molecule has 26 heavy (non-hydrogen) atoms. The van der Waals surface area contributed by atoms with E-state index in [1.54, 1.807) is 6.07 Å². The molecule has 1 saturated heterocycles. The molecule has 3 amide bonds. The summed E-state index contributed by atoms with van der Waals surface area (Å²) in [7, 11) is 0. The Morgan fingerprint density at radius 3 is 2.81 bits per heavy atom. The Bertz CT molecular complexity index is 653. The van der Waals surface area contributed by atoms with Gasteiger partial charge in [-0.1, -0.05) is 12.1 Å². The second kappa shape index (κ2) is 10.2. The normalized spacial score (nSPS) is 17.5. The number of nitrogens with two attached hydrogens (primary N) is 1. The minimum absolute atomic E-state index is 0.0603. The highest BCUT2D eigenvalue weighted by molar-refractivity contribution is 8.00. The van der Waals surface area contributed by atoms with Crippen LogP contribution in [0.5, 0.6) is 0 Å². The van der Waals surface area contributed by atoms with Gasteiger partial charge in [-0.2, -0.15) is 0 Å². The van der Waals surface area contributed by atoms with Crippen LogP contribution in [0.2, 0.25) is 0 Å². The number of hydrogen-bond donors (Lipinski definition) is 3. The third-order valence-corrected chi connectivity index (χ3v) is 5.22. The summed E-state index contributed by atoms with van der Waals surface area (Å²) >= 11 is 1.30. The first kappa shape index (κ1) is 20.3. The van der Waals surface area contributed by atoms with E-state index in [0.29, 0.717) is 18.8 Å². The van der Waals surface area contributed by atoms with Crippen LogP contribution in [0.1, 0.15) is 19.8 Å². The minimum Gasteiger partial charge on any atom is -0.369 e. The number of nitrogens with one attached hydrogen (secondary N) is 2. The Balaban J connectivity index is 1.90. The van der Waals surface area contributed by atoms with Crippen molar-refractivity contribution in [1.29, 1.82) is 0 Å². The molecular formula is C18H26N4O3S. The van der Waals surface area contributed by atoms with Crippen LogP contribution in [-0.2, 0) is 14.4 Å². The maximum atomic E-state index is 12.4. The fourth-order valence-electron chi connectivity index (χ4n) is 2.97. The Morgan fingerprint density at radius 1 is 1.31 bits per heavy atom. The van der Waals surface area contributed by atoms with E-state index < -0.39 is 5.91 Å². The SMILES string of the molecule is CCNC(=O)C1CCCN(CC(=O)Nc2ccccc2SCC(N)=O)C1. The van der Waals surface area contributed by atoms with Gasteiger partial charge >= 0.3 is 0 Å². The number of hydrogen-bond acceptors (Lipinski definition) is 5. The first-order valence-corrected chi connectivity index (χ1v) is 9.78. The zero-order valence-corrected chi connectivity index (χ0v) is 15.8.